The molecule has 22 valence electrons. The predicted molar refractivity (Wildman–Crippen MR) is 24.9 cm³/mol. The molecule has 0 N–H and O–H groups in total. The fourth-order valence-corrected chi connectivity index (χ4v) is 0. The minimum atomic E-state index is 1.03. The van der Waals surface area contributed by atoms with Crippen molar-refractivity contribution >= 4 is 65.0 Å². The van der Waals surface area contributed by atoms with Crippen LogP contribution in [-0.4, -0.2) is 56.1 Å². The van der Waals surface area contributed by atoms with Crippen molar-refractivity contribution in [2.24, 2.45) is 0 Å². The summed E-state index contributed by atoms with van der Waals surface area (Å²) in [5.74, 6) is 0. The monoisotopic (exact) mass is 530 g/mol. The predicted octanol–water partition coefficient (Wildman–Crippen LogP) is -0.494. The van der Waals surface area contributed by atoms with E-state index in [2.05, 4.69) is 20.6 Å². The van der Waals surface area contributed by atoms with Crippen LogP contribution in [0.25, 0.3) is 0 Å². The van der Waals surface area contributed by atoms with E-state index in [-0.39, 0.29) is 0 Å². The number of rotatable bonds is 0. The maximum atomic E-state index is 4.19. The molecule has 0 fully saturated rings. The number of hydrogen-bond donors (Lipinski definition) is 0. The molecule has 0 bridgehead atoms. The molecule has 4 heteroatoms. The summed E-state index contributed by atoms with van der Waals surface area (Å²) >= 11 is 5.08. The van der Waals surface area contributed by atoms with Crippen LogP contribution in [0.5, 0.6) is 0 Å². The van der Waals surface area contributed by atoms with Crippen molar-refractivity contribution in [3.63, 3.8) is 0 Å². The molecule has 0 saturated carbocycles. The van der Waals surface area contributed by atoms with Gasteiger partial charge in [0.15, 0.2) is 0 Å². The molecule has 0 nitrogen and oxygen atoms in total. The average Bonchev–Trinajstić information content (AvgIpc) is 1.50. The van der Waals surface area contributed by atoms with Gasteiger partial charge < -0.3 is 0 Å². The van der Waals surface area contributed by atoms with Gasteiger partial charge in [-0.15, -0.1) is 0 Å². The normalized spacial score (nSPS) is 2.00. The van der Waals surface area contributed by atoms with Gasteiger partial charge in [-0.2, -0.15) is 0 Å². The fraction of sp³-hybridized carbons (Fsp3) is 0. The van der Waals surface area contributed by atoms with Crippen molar-refractivity contribution in [1.29, 1.82) is 0 Å². The molecule has 0 amide bonds. The molecule has 0 aliphatic rings. The Balaban J connectivity index is 0. The van der Waals surface area contributed by atoms with E-state index in [9.17, 15) is 0 Å². The van der Waals surface area contributed by atoms with E-state index in [1.54, 1.807) is 0 Å². The molecule has 4 heavy (non-hydrogen) atoms. The number of hydrogen-bond acceptors (Lipinski definition) is 1. The van der Waals surface area contributed by atoms with Crippen molar-refractivity contribution in [2.75, 3.05) is 0 Å². The van der Waals surface area contributed by atoms with Crippen LogP contribution in [-0.2, 0) is 0 Å². The summed E-state index contributed by atoms with van der Waals surface area (Å²) in [7, 11) is 4.19. The first-order valence-corrected chi connectivity index (χ1v) is 13.1. The standard InChI is InChI=1S/2Bi.S.Se. The van der Waals surface area contributed by atoms with Crippen molar-refractivity contribution in [1.82, 2.24) is 0 Å². The summed E-state index contributed by atoms with van der Waals surface area (Å²) in [5.41, 5.74) is 0. The topological polar surface area (TPSA) is 0 Å². The summed E-state index contributed by atoms with van der Waals surface area (Å²) in [6, 6.07) is 0. The van der Waals surface area contributed by atoms with Gasteiger partial charge in [0.2, 0.25) is 0 Å². The molecule has 0 aliphatic heterocycles. The Morgan fingerprint density at radius 2 is 1.25 bits per heavy atom. The van der Waals surface area contributed by atoms with Gasteiger partial charge in [-0.1, -0.05) is 0 Å². The SMILES string of the molecule is [S]=[Bi].[Se]=[Bi]. The molecule has 0 aromatic carbocycles. The molecule has 0 aromatic heterocycles. The van der Waals surface area contributed by atoms with Crippen LogP contribution < -0.4 is 0 Å². The van der Waals surface area contributed by atoms with Gasteiger partial charge in [-0.25, -0.2) is 0 Å². The molecule has 0 saturated heterocycles. The Kier molecular flexibility index (Phi) is 43.2. The van der Waals surface area contributed by atoms with E-state index in [0.29, 0.717) is 0 Å². The molecule has 0 heterocycles. The Labute approximate surface area is 63.7 Å². The van der Waals surface area contributed by atoms with Gasteiger partial charge in [0.25, 0.3) is 0 Å². The third-order valence-electron chi connectivity index (χ3n) is 0. The van der Waals surface area contributed by atoms with Gasteiger partial charge in [-0.3, -0.25) is 0 Å². The van der Waals surface area contributed by atoms with Crippen LogP contribution in [0.4, 0.5) is 0 Å². The van der Waals surface area contributed by atoms with Gasteiger partial charge in [-0.05, 0) is 0 Å². The molecule has 0 aliphatic carbocycles. The fourth-order valence-electron chi connectivity index (χ4n) is 0. The molecule has 2 radical (unpaired) electrons. The summed E-state index contributed by atoms with van der Waals surface area (Å²) < 4.78 is 0. The van der Waals surface area contributed by atoms with Gasteiger partial charge in [0.1, 0.15) is 0 Å². The third-order valence-corrected chi connectivity index (χ3v) is 0. The van der Waals surface area contributed by atoms with E-state index < -0.39 is 0 Å². The van der Waals surface area contributed by atoms with Crippen LogP contribution in [0.2, 0.25) is 0 Å². The zero-order chi connectivity index (χ0) is 4.00. The molecule has 0 aromatic rings. The Bertz CT molecular complexity index is 8.00. The first-order chi connectivity index (χ1) is 2.00. The van der Waals surface area contributed by atoms with Gasteiger partial charge in [0.05, 0.1) is 0 Å². The van der Waals surface area contributed by atoms with E-state index >= 15 is 0 Å². The van der Waals surface area contributed by atoms with Crippen LogP contribution in [0, 0.1) is 0 Å². The van der Waals surface area contributed by atoms with Gasteiger partial charge in [0, 0.05) is 0 Å². The Hall–Kier alpha value is 2.51. The van der Waals surface area contributed by atoms with E-state index in [0.717, 1.165) is 22.7 Å². The zero-order valence-electron chi connectivity index (χ0n) is 1.71. The quantitative estimate of drug-likeness (QED) is 0.382. The second kappa shape index (κ2) is 17.8. The summed E-state index contributed by atoms with van der Waals surface area (Å²) in [6.45, 7) is 0. The summed E-state index contributed by atoms with van der Waals surface area (Å²) in [6.07, 6.45) is 0. The second-order valence-electron chi connectivity index (χ2n) is 0. The van der Waals surface area contributed by atoms with E-state index in [4.69, 9.17) is 0 Å². The van der Waals surface area contributed by atoms with E-state index in [1.165, 1.54) is 21.7 Å². The van der Waals surface area contributed by atoms with Crippen LogP contribution >= 0.6 is 8.86 Å². The molecule has 0 atom stereocenters. The molecule has 0 unspecified atom stereocenters. The minimum absolute atomic E-state index is 1.03. The van der Waals surface area contributed by atoms with Crippen LogP contribution in [0.15, 0.2) is 0 Å². The van der Waals surface area contributed by atoms with Crippen LogP contribution in [0.3, 0.4) is 0 Å². The first-order valence-electron chi connectivity index (χ1n) is 0.365. The van der Waals surface area contributed by atoms with Crippen molar-refractivity contribution in [2.45, 2.75) is 0 Å². The zero-order valence-corrected chi connectivity index (χ0v) is 11.2. The molecular formula is Bi2SSe. The van der Waals surface area contributed by atoms with Crippen molar-refractivity contribution in [3.05, 3.63) is 0 Å². The molecule has 0 rings (SSSR count). The first kappa shape index (κ1) is 9.71. The van der Waals surface area contributed by atoms with Crippen LogP contribution in [0.1, 0.15) is 0 Å². The molecular weight excluding hydrogens is 529 g/mol. The third kappa shape index (κ3) is 8.82. The van der Waals surface area contributed by atoms with Crippen molar-refractivity contribution in [3.8, 4) is 0 Å². The summed E-state index contributed by atoms with van der Waals surface area (Å²) in [5, 5.41) is 0. The Morgan fingerprint density at radius 3 is 1.25 bits per heavy atom. The molecule has 0 spiro atoms. The second-order valence-corrected chi connectivity index (χ2v) is 0. The summed E-state index contributed by atoms with van der Waals surface area (Å²) in [4.78, 5) is 0. The average molecular weight is 529 g/mol. The van der Waals surface area contributed by atoms with Gasteiger partial charge >= 0.3 is 65.0 Å². The Morgan fingerprint density at radius 1 is 1.25 bits per heavy atom. The van der Waals surface area contributed by atoms with E-state index in [1.807, 2.05) is 0 Å². The van der Waals surface area contributed by atoms with Crippen molar-refractivity contribution < 1.29 is 0 Å². The maximum absolute atomic E-state index is 4.19.